The Hall–Kier alpha value is -2.79. The number of fused-ring (bicyclic) bond motifs is 1. The van der Waals surface area contributed by atoms with Crippen molar-refractivity contribution in [2.24, 2.45) is 0 Å². The Morgan fingerprint density at radius 3 is 2.64 bits per heavy atom. The van der Waals surface area contributed by atoms with Gasteiger partial charge in [0.15, 0.2) is 0 Å². The first-order valence-electron chi connectivity index (χ1n) is 9.52. The maximum Gasteiger partial charge on any atom is 0.226 e. The van der Waals surface area contributed by atoms with Gasteiger partial charge < -0.3 is 10.1 Å². The van der Waals surface area contributed by atoms with Crippen LogP contribution in [0.25, 0.3) is 5.69 Å². The van der Waals surface area contributed by atoms with Gasteiger partial charge in [-0.05, 0) is 48.4 Å². The summed E-state index contributed by atoms with van der Waals surface area (Å²) in [7, 11) is 0. The van der Waals surface area contributed by atoms with Gasteiger partial charge in [-0.1, -0.05) is 37.1 Å². The number of nitrogens with zero attached hydrogens (tertiary/aromatic N) is 2. The minimum Gasteiger partial charge on any atom is -0.494 e. The zero-order chi connectivity index (χ0) is 19.5. The second kappa shape index (κ2) is 8.07. The molecule has 1 N–H and O–H groups in total. The number of anilines is 1. The molecule has 1 amide bonds. The lowest BCUT2D eigenvalue weighted by molar-refractivity contribution is -0.116. The molecule has 0 spiro atoms. The molecule has 144 valence electrons. The SMILES string of the molecule is CCCCOc1ccc(C2CC(=O)Nc3c2cnn3-c2ccc(Cl)cc2)cc1. The van der Waals surface area contributed by atoms with Gasteiger partial charge in [0.1, 0.15) is 11.6 Å². The van der Waals surface area contributed by atoms with E-state index in [0.29, 0.717) is 17.3 Å². The molecule has 5 nitrogen and oxygen atoms in total. The standard InChI is InChI=1S/C22H22ClN3O2/c1-2-3-12-28-18-10-4-15(5-11-18)19-13-21(27)25-22-20(19)14-24-26(22)17-8-6-16(23)7-9-17/h4-11,14,19H,2-3,12-13H2,1H3,(H,25,27). The fourth-order valence-electron chi connectivity index (χ4n) is 3.43. The summed E-state index contributed by atoms with van der Waals surface area (Å²) >= 11 is 5.99. The lowest BCUT2D eigenvalue weighted by Gasteiger charge is -2.24. The monoisotopic (exact) mass is 395 g/mol. The molecular formula is C22H22ClN3O2. The highest BCUT2D eigenvalue weighted by atomic mass is 35.5. The Bertz CT molecular complexity index is 964. The number of aromatic nitrogens is 2. The molecule has 1 aromatic heterocycles. The summed E-state index contributed by atoms with van der Waals surface area (Å²) in [5, 5.41) is 8.14. The van der Waals surface area contributed by atoms with Crippen molar-refractivity contribution in [3.8, 4) is 11.4 Å². The number of amides is 1. The summed E-state index contributed by atoms with van der Waals surface area (Å²) in [6, 6.07) is 15.4. The molecule has 1 unspecified atom stereocenters. The number of hydrogen-bond acceptors (Lipinski definition) is 3. The summed E-state index contributed by atoms with van der Waals surface area (Å²) in [5.74, 6) is 1.52. The van der Waals surface area contributed by atoms with Crippen LogP contribution >= 0.6 is 11.6 Å². The number of hydrogen-bond donors (Lipinski definition) is 1. The topological polar surface area (TPSA) is 56.1 Å². The van der Waals surface area contributed by atoms with Gasteiger partial charge in [0, 0.05) is 22.9 Å². The minimum atomic E-state index is -0.0329. The highest BCUT2D eigenvalue weighted by molar-refractivity contribution is 6.30. The lowest BCUT2D eigenvalue weighted by atomic mass is 9.87. The van der Waals surface area contributed by atoms with E-state index >= 15 is 0 Å². The van der Waals surface area contributed by atoms with E-state index in [4.69, 9.17) is 16.3 Å². The van der Waals surface area contributed by atoms with Crippen molar-refractivity contribution in [1.82, 2.24) is 9.78 Å². The number of ether oxygens (including phenoxy) is 1. The van der Waals surface area contributed by atoms with Gasteiger partial charge in [-0.15, -0.1) is 0 Å². The van der Waals surface area contributed by atoms with Crippen LogP contribution in [-0.4, -0.2) is 22.3 Å². The smallest absolute Gasteiger partial charge is 0.226 e. The first kappa shape index (κ1) is 18.6. The van der Waals surface area contributed by atoms with E-state index in [9.17, 15) is 4.79 Å². The Labute approximate surface area is 169 Å². The summed E-state index contributed by atoms with van der Waals surface area (Å²) in [4.78, 5) is 12.4. The highest BCUT2D eigenvalue weighted by Gasteiger charge is 2.30. The van der Waals surface area contributed by atoms with Crippen LogP contribution in [0, 0.1) is 0 Å². The molecular weight excluding hydrogens is 374 g/mol. The molecule has 6 heteroatoms. The zero-order valence-corrected chi connectivity index (χ0v) is 16.4. The van der Waals surface area contributed by atoms with Gasteiger partial charge in [0.2, 0.25) is 5.91 Å². The van der Waals surface area contributed by atoms with Crippen molar-refractivity contribution in [1.29, 1.82) is 0 Å². The summed E-state index contributed by atoms with van der Waals surface area (Å²) < 4.78 is 7.49. The predicted octanol–water partition coefficient (Wildman–Crippen LogP) is 5.18. The van der Waals surface area contributed by atoms with Crippen LogP contribution in [0.2, 0.25) is 5.02 Å². The van der Waals surface area contributed by atoms with E-state index in [1.54, 1.807) is 4.68 Å². The van der Waals surface area contributed by atoms with E-state index in [0.717, 1.165) is 42.0 Å². The van der Waals surface area contributed by atoms with E-state index in [-0.39, 0.29) is 11.8 Å². The molecule has 3 aromatic rings. The fourth-order valence-corrected chi connectivity index (χ4v) is 3.55. The third-order valence-electron chi connectivity index (χ3n) is 4.94. The molecule has 0 saturated heterocycles. The van der Waals surface area contributed by atoms with E-state index in [2.05, 4.69) is 17.3 Å². The van der Waals surface area contributed by atoms with Gasteiger partial charge in [0.25, 0.3) is 0 Å². The van der Waals surface area contributed by atoms with Crippen molar-refractivity contribution >= 4 is 23.3 Å². The normalized spacial score (nSPS) is 15.8. The number of nitrogens with one attached hydrogen (secondary N) is 1. The summed E-state index contributed by atoms with van der Waals surface area (Å²) in [6.07, 6.45) is 4.38. The Kier molecular flexibility index (Phi) is 5.35. The second-order valence-electron chi connectivity index (χ2n) is 6.91. The van der Waals surface area contributed by atoms with Gasteiger partial charge in [-0.2, -0.15) is 5.10 Å². The molecule has 1 atom stereocenters. The molecule has 2 aromatic carbocycles. The van der Waals surface area contributed by atoms with Gasteiger partial charge in [0.05, 0.1) is 18.5 Å². The molecule has 1 aliphatic rings. The minimum absolute atomic E-state index is 0.0171. The van der Waals surface area contributed by atoms with E-state index in [1.807, 2.05) is 54.7 Å². The van der Waals surface area contributed by atoms with Crippen LogP contribution in [0.3, 0.4) is 0 Å². The van der Waals surface area contributed by atoms with Crippen LogP contribution in [0.5, 0.6) is 5.75 Å². The number of carbonyl (C=O) groups excluding carboxylic acids is 1. The second-order valence-corrected chi connectivity index (χ2v) is 7.35. The summed E-state index contributed by atoms with van der Waals surface area (Å²) in [5.41, 5.74) is 2.94. The zero-order valence-electron chi connectivity index (χ0n) is 15.7. The van der Waals surface area contributed by atoms with Crippen molar-refractivity contribution in [2.75, 3.05) is 11.9 Å². The first-order valence-corrected chi connectivity index (χ1v) is 9.90. The first-order chi connectivity index (χ1) is 13.7. The number of unbranched alkanes of at least 4 members (excludes halogenated alkanes) is 1. The Balaban J connectivity index is 1.62. The van der Waals surface area contributed by atoms with Crippen molar-refractivity contribution in [2.45, 2.75) is 32.1 Å². The average molecular weight is 396 g/mol. The van der Waals surface area contributed by atoms with Crippen LogP contribution < -0.4 is 10.1 Å². The molecule has 0 bridgehead atoms. The highest BCUT2D eigenvalue weighted by Crippen LogP contribution is 2.38. The molecule has 2 heterocycles. The number of carbonyl (C=O) groups is 1. The van der Waals surface area contributed by atoms with Crippen molar-refractivity contribution < 1.29 is 9.53 Å². The third kappa shape index (κ3) is 3.76. The molecule has 0 radical (unpaired) electrons. The van der Waals surface area contributed by atoms with Crippen LogP contribution in [0.15, 0.2) is 54.7 Å². The molecule has 0 fully saturated rings. The average Bonchev–Trinajstić information content (AvgIpc) is 3.12. The number of halogens is 1. The van der Waals surface area contributed by atoms with Crippen molar-refractivity contribution in [3.63, 3.8) is 0 Å². The quantitative estimate of drug-likeness (QED) is 0.585. The molecule has 4 rings (SSSR count). The predicted molar refractivity (Wildman–Crippen MR) is 111 cm³/mol. The third-order valence-corrected chi connectivity index (χ3v) is 5.19. The van der Waals surface area contributed by atoms with E-state index < -0.39 is 0 Å². The maximum atomic E-state index is 12.4. The fraction of sp³-hybridized carbons (Fsp3) is 0.273. The summed E-state index contributed by atoms with van der Waals surface area (Å²) in [6.45, 7) is 2.86. The van der Waals surface area contributed by atoms with Crippen molar-refractivity contribution in [3.05, 3.63) is 70.9 Å². The Morgan fingerprint density at radius 1 is 1.18 bits per heavy atom. The lowest BCUT2D eigenvalue weighted by Crippen LogP contribution is -2.24. The maximum absolute atomic E-state index is 12.4. The van der Waals surface area contributed by atoms with Crippen LogP contribution in [0.4, 0.5) is 5.82 Å². The Morgan fingerprint density at radius 2 is 1.93 bits per heavy atom. The van der Waals surface area contributed by atoms with Gasteiger partial charge in [-0.25, -0.2) is 4.68 Å². The molecule has 1 aliphatic heterocycles. The molecule has 28 heavy (non-hydrogen) atoms. The van der Waals surface area contributed by atoms with Gasteiger partial charge in [-0.3, -0.25) is 4.79 Å². The number of benzene rings is 2. The van der Waals surface area contributed by atoms with Crippen LogP contribution in [-0.2, 0) is 4.79 Å². The van der Waals surface area contributed by atoms with E-state index in [1.165, 1.54) is 0 Å². The molecule has 0 saturated carbocycles. The van der Waals surface area contributed by atoms with Gasteiger partial charge >= 0.3 is 0 Å². The van der Waals surface area contributed by atoms with Crippen LogP contribution in [0.1, 0.15) is 43.2 Å². The molecule has 0 aliphatic carbocycles. The number of rotatable bonds is 6. The largest absolute Gasteiger partial charge is 0.494 e.